The molecule has 1 aromatic carbocycles. The lowest BCUT2D eigenvalue weighted by atomic mass is 10.1. The maximum absolute atomic E-state index is 3.60. The molecule has 0 saturated carbocycles. The maximum atomic E-state index is 3.60. The normalized spacial score (nSPS) is 24.3. The van der Waals surface area contributed by atoms with E-state index in [0.717, 1.165) is 17.6 Å². The van der Waals surface area contributed by atoms with Gasteiger partial charge in [-0.3, -0.25) is 0 Å². The zero-order valence-electron chi connectivity index (χ0n) is 11.2. The Morgan fingerprint density at radius 3 is 2.94 bits per heavy atom. The largest absolute Gasteiger partial charge is 0.367 e. The van der Waals surface area contributed by atoms with Gasteiger partial charge in [-0.25, -0.2) is 0 Å². The molecule has 0 aromatic heterocycles. The Bertz CT molecular complexity index is 411. The first kappa shape index (κ1) is 14.2. The van der Waals surface area contributed by atoms with Gasteiger partial charge in [0.15, 0.2) is 0 Å². The number of halogens is 1. The lowest BCUT2D eigenvalue weighted by Gasteiger charge is -2.40. The van der Waals surface area contributed by atoms with Crippen LogP contribution in [0.2, 0.25) is 0 Å². The van der Waals surface area contributed by atoms with Gasteiger partial charge in [0.25, 0.3) is 0 Å². The fourth-order valence-corrected chi connectivity index (χ4v) is 3.87. The van der Waals surface area contributed by atoms with Crippen LogP contribution in [-0.4, -0.2) is 30.6 Å². The molecule has 1 aliphatic heterocycles. The van der Waals surface area contributed by atoms with Crippen molar-refractivity contribution in [3.63, 3.8) is 0 Å². The molecule has 1 heterocycles. The topological polar surface area (TPSA) is 15.3 Å². The standard InChI is InChI=1S/C14H21BrN2S/c1-10-11(2)18-7-6-17(10)14-8-13(15)5-4-12(14)9-16-3/h4-5,8,10-11,16H,6-7,9H2,1-3H3. The smallest absolute Gasteiger partial charge is 0.0426 e. The van der Waals surface area contributed by atoms with Gasteiger partial charge in [0.2, 0.25) is 0 Å². The molecule has 18 heavy (non-hydrogen) atoms. The Morgan fingerprint density at radius 2 is 2.22 bits per heavy atom. The molecule has 1 aliphatic rings. The van der Waals surface area contributed by atoms with E-state index in [2.05, 4.69) is 70.0 Å². The van der Waals surface area contributed by atoms with E-state index in [1.54, 1.807) is 0 Å². The zero-order chi connectivity index (χ0) is 13.1. The molecule has 2 atom stereocenters. The van der Waals surface area contributed by atoms with Gasteiger partial charge in [-0.2, -0.15) is 11.8 Å². The highest BCUT2D eigenvalue weighted by molar-refractivity contribution is 9.10. The van der Waals surface area contributed by atoms with Gasteiger partial charge in [0.05, 0.1) is 0 Å². The summed E-state index contributed by atoms with van der Waals surface area (Å²) in [5.74, 6) is 1.22. The Kier molecular flexibility index (Phi) is 4.98. The number of hydrogen-bond donors (Lipinski definition) is 1. The predicted octanol–water partition coefficient (Wildman–Crippen LogP) is 3.50. The highest BCUT2D eigenvalue weighted by Gasteiger charge is 2.26. The van der Waals surface area contributed by atoms with Crippen molar-refractivity contribution in [2.45, 2.75) is 31.7 Å². The summed E-state index contributed by atoms with van der Waals surface area (Å²) in [6, 6.07) is 7.19. The molecule has 100 valence electrons. The lowest BCUT2D eigenvalue weighted by molar-refractivity contribution is 0.623. The van der Waals surface area contributed by atoms with Gasteiger partial charge in [-0.1, -0.05) is 28.9 Å². The Balaban J connectivity index is 2.32. The van der Waals surface area contributed by atoms with Crippen LogP contribution in [0.1, 0.15) is 19.4 Å². The highest BCUT2D eigenvalue weighted by atomic mass is 79.9. The Morgan fingerprint density at radius 1 is 1.44 bits per heavy atom. The third kappa shape index (κ3) is 3.03. The van der Waals surface area contributed by atoms with Crippen molar-refractivity contribution in [2.24, 2.45) is 0 Å². The molecule has 0 radical (unpaired) electrons. The molecule has 1 N–H and O–H groups in total. The molecular formula is C14H21BrN2S. The first-order valence-electron chi connectivity index (χ1n) is 6.44. The molecule has 4 heteroatoms. The number of thioether (sulfide) groups is 1. The number of nitrogens with zero attached hydrogens (tertiary/aromatic N) is 1. The van der Waals surface area contributed by atoms with Crippen LogP contribution in [0.5, 0.6) is 0 Å². The van der Waals surface area contributed by atoms with Crippen molar-refractivity contribution in [1.82, 2.24) is 5.32 Å². The van der Waals surface area contributed by atoms with E-state index >= 15 is 0 Å². The minimum absolute atomic E-state index is 0.591. The van der Waals surface area contributed by atoms with E-state index < -0.39 is 0 Å². The zero-order valence-corrected chi connectivity index (χ0v) is 13.6. The second kappa shape index (κ2) is 6.31. The number of nitrogens with one attached hydrogen (secondary N) is 1. The van der Waals surface area contributed by atoms with E-state index in [0.29, 0.717) is 11.3 Å². The van der Waals surface area contributed by atoms with E-state index in [-0.39, 0.29) is 0 Å². The van der Waals surface area contributed by atoms with E-state index in [1.807, 2.05) is 7.05 Å². The summed E-state index contributed by atoms with van der Waals surface area (Å²) >= 11 is 5.68. The fraction of sp³-hybridized carbons (Fsp3) is 0.571. The van der Waals surface area contributed by atoms with Crippen molar-refractivity contribution in [3.8, 4) is 0 Å². The average molecular weight is 329 g/mol. The maximum Gasteiger partial charge on any atom is 0.0426 e. The van der Waals surface area contributed by atoms with Crippen molar-refractivity contribution in [1.29, 1.82) is 0 Å². The second-order valence-electron chi connectivity index (χ2n) is 4.81. The first-order chi connectivity index (χ1) is 8.63. The molecule has 0 spiro atoms. The van der Waals surface area contributed by atoms with Gasteiger partial charge < -0.3 is 10.2 Å². The Hall–Kier alpha value is -0.190. The molecule has 0 bridgehead atoms. The molecular weight excluding hydrogens is 308 g/mol. The average Bonchev–Trinajstić information content (AvgIpc) is 2.35. The van der Waals surface area contributed by atoms with Crippen LogP contribution in [0.3, 0.4) is 0 Å². The van der Waals surface area contributed by atoms with Crippen molar-refractivity contribution < 1.29 is 0 Å². The summed E-state index contributed by atoms with van der Waals surface area (Å²) in [6.45, 7) is 6.73. The van der Waals surface area contributed by atoms with Gasteiger partial charge in [-0.05, 0) is 31.7 Å². The second-order valence-corrected chi connectivity index (χ2v) is 7.21. The third-order valence-electron chi connectivity index (χ3n) is 3.61. The molecule has 1 fully saturated rings. The van der Waals surface area contributed by atoms with Crippen LogP contribution in [0.25, 0.3) is 0 Å². The first-order valence-corrected chi connectivity index (χ1v) is 8.29. The van der Waals surface area contributed by atoms with Crippen LogP contribution in [0.15, 0.2) is 22.7 Å². The summed E-state index contributed by atoms with van der Waals surface area (Å²) in [5.41, 5.74) is 2.75. The molecule has 1 saturated heterocycles. The summed E-state index contributed by atoms with van der Waals surface area (Å²) in [7, 11) is 2.00. The van der Waals surface area contributed by atoms with E-state index in [1.165, 1.54) is 17.0 Å². The van der Waals surface area contributed by atoms with Crippen LogP contribution >= 0.6 is 27.7 Å². The van der Waals surface area contributed by atoms with Crippen LogP contribution < -0.4 is 10.2 Å². The van der Waals surface area contributed by atoms with Gasteiger partial charge in [-0.15, -0.1) is 0 Å². The Labute approximate surface area is 123 Å². The molecule has 1 aromatic rings. The van der Waals surface area contributed by atoms with Crippen molar-refractivity contribution in [2.75, 3.05) is 24.2 Å². The monoisotopic (exact) mass is 328 g/mol. The molecule has 2 unspecified atom stereocenters. The minimum Gasteiger partial charge on any atom is -0.367 e. The number of hydrogen-bond acceptors (Lipinski definition) is 3. The molecule has 0 amide bonds. The summed E-state index contributed by atoms with van der Waals surface area (Å²) in [4.78, 5) is 2.55. The third-order valence-corrected chi connectivity index (χ3v) is 5.44. The van der Waals surface area contributed by atoms with Gasteiger partial charge in [0, 0.05) is 40.3 Å². The van der Waals surface area contributed by atoms with E-state index in [4.69, 9.17) is 0 Å². The number of anilines is 1. The van der Waals surface area contributed by atoms with Crippen LogP contribution in [0, 0.1) is 0 Å². The number of rotatable bonds is 3. The van der Waals surface area contributed by atoms with Gasteiger partial charge >= 0.3 is 0 Å². The predicted molar refractivity (Wildman–Crippen MR) is 85.6 cm³/mol. The lowest BCUT2D eigenvalue weighted by Crippen LogP contribution is -2.45. The summed E-state index contributed by atoms with van der Waals surface area (Å²) < 4.78 is 1.16. The van der Waals surface area contributed by atoms with Crippen LogP contribution in [-0.2, 0) is 6.54 Å². The molecule has 2 nitrogen and oxygen atoms in total. The molecule has 0 aliphatic carbocycles. The summed E-state index contributed by atoms with van der Waals surface area (Å²) in [6.07, 6.45) is 0. The quantitative estimate of drug-likeness (QED) is 0.914. The van der Waals surface area contributed by atoms with Crippen LogP contribution in [0.4, 0.5) is 5.69 Å². The van der Waals surface area contributed by atoms with Gasteiger partial charge in [0.1, 0.15) is 0 Å². The van der Waals surface area contributed by atoms with Crippen molar-refractivity contribution >= 4 is 33.4 Å². The molecule has 2 rings (SSSR count). The highest BCUT2D eigenvalue weighted by Crippen LogP contribution is 2.33. The van der Waals surface area contributed by atoms with Crippen molar-refractivity contribution in [3.05, 3.63) is 28.2 Å². The minimum atomic E-state index is 0.591. The summed E-state index contributed by atoms with van der Waals surface area (Å²) in [5, 5.41) is 3.96. The SMILES string of the molecule is CNCc1ccc(Br)cc1N1CCSC(C)C1C. The van der Waals surface area contributed by atoms with E-state index in [9.17, 15) is 0 Å². The fourth-order valence-electron chi connectivity index (χ4n) is 2.42. The number of benzene rings is 1.